The van der Waals surface area contributed by atoms with E-state index in [1.807, 2.05) is 18.2 Å². The highest BCUT2D eigenvalue weighted by molar-refractivity contribution is 9.10. The Balaban J connectivity index is 1.83. The summed E-state index contributed by atoms with van der Waals surface area (Å²) in [6, 6.07) is 8.09. The highest BCUT2D eigenvalue weighted by atomic mass is 79.9. The molecule has 1 aliphatic heterocycles. The molecule has 1 aromatic rings. The molecule has 0 aromatic heterocycles. The van der Waals surface area contributed by atoms with E-state index < -0.39 is 0 Å². The van der Waals surface area contributed by atoms with Crippen LogP contribution in [0.25, 0.3) is 0 Å². The minimum Gasteiger partial charge on any atom is -0.374 e. The number of benzene rings is 1. The fourth-order valence-electron chi connectivity index (χ4n) is 1.20. The molecule has 1 unspecified atom stereocenters. The van der Waals surface area contributed by atoms with E-state index in [9.17, 15) is 0 Å². The molecule has 3 heteroatoms. The molecule has 2 nitrogen and oxygen atoms in total. The average Bonchev–Trinajstić information content (AvgIpc) is 2.88. The Morgan fingerprint density at radius 3 is 2.86 bits per heavy atom. The van der Waals surface area contributed by atoms with Crippen LogP contribution in [0.5, 0.6) is 0 Å². The summed E-state index contributed by atoms with van der Waals surface area (Å²) in [5, 5.41) is 0. The lowest BCUT2D eigenvalue weighted by atomic mass is 10.2. The molecule has 1 heterocycles. The number of hydrogen-bond donors (Lipinski definition) is 0. The predicted octanol–water partition coefficient (Wildman–Crippen LogP) is 2.75. The maximum atomic E-state index is 5.57. The van der Waals surface area contributed by atoms with E-state index >= 15 is 0 Å². The van der Waals surface area contributed by atoms with Crippen molar-refractivity contribution in [1.29, 1.82) is 0 Å². The van der Waals surface area contributed by atoms with Crippen molar-refractivity contribution in [3.05, 3.63) is 34.3 Å². The summed E-state index contributed by atoms with van der Waals surface area (Å²) in [6.07, 6.45) is 0. The number of ether oxygens (including phenoxy) is 2. The largest absolute Gasteiger partial charge is 0.374 e. The van der Waals surface area contributed by atoms with Crippen molar-refractivity contribution in [2.45, 2.75) is 19.1 Å². The molecule has 1 saturated heterocycles. The first-order valence-electron chi connectivity index (χ1n) is 4.65. The number of hydrogen-bond acceptors (Lipinski definition) is 2. The Hall–Kier alpha value is -0.380. The van der Waals surface area contributed by atoms with Crippen molar-refractivity contribution < 1.29 is 9.47 Å². The van der Waals surface area contributed by atoms with Gasteiger partial charge in [0, 0.05) is 4.47 Å². The van der Waals surface area contributed by atoms with E-state index in [-0.39, 0.29) is 5.60 Å². The van der Waals surface area contributed by atoms with Crippen LogP contribution in [0.2, 0.25) is 0 Å². The molecule has 1 aromatic carbocycles. The quantitative estimate of drug-likeness (QED) is 0.773. The normalized spacial score (nSPS) is 25.0. The molecule has 0 N–H and O–H groups in total. The molecular weight excluding hydrogens is 244 g/mol. The Kier molecular flexibility index (Phi) is 2.91. The highest BCUT2D eigenvalue weighted by Gasteiger charge is 2.39. The van der Waals surface area contributed by atoms with Crippen LogP contribution in [-0.4, -0.2) is 18.8 Å². The van der Waals surface area contributed by atoms with Crippen LogP contribution in [0.3, 0.4) is 0 Å². The summed E-state index contributed by atoms with van der Waals surface area (Å²) in [5.74, 6) is 0. The van der Waals surface area contributed by atoms with E-state index in [1.54, 1.807) is 0 Å². The van der Waals surface area contributed by atoms with E-state index in [0.717, 1.165) is 11.1 Å². The number of halogens is 1. The fraction of sp³-hybridized carbons (Fsp3) is 0.455. The third-order valence-electron chi connectivity index (χ3n) is 2.26. The molecule has 2 rings (SSSR count). The SMILES string of the molecule is CC1(COCc2ccccc2Br)CO1. The van der Waals surface area contributed by atoms with Crippen LogP contribution < -0.4 is 0 Å². The average molecular weight is 257 g/mol. The van der Waals surface area contributed by atoms with Crippen LogP contribution in [0, 0.1) is 0 Å². The van der Waals surface area contributed by atoms with Gasteiger partial charge in [-0.25, -0.2) is 0 Å². The van der Waals surface area contributed by atoms with Crippen molar-refractivity contribution >= 4 is 15.9 Å². The molecule has 14 heavy (non-hydrogen) atoms. The van der Waals surface area contributed by atoms with Gasteiger partial charge in [0.05, 0.1) is 19.8 Å². The summed E-state index contributed by atoms with van der Waals surface area (Å²) in [4.78, 5) is 0. The standard InChI is InChI=1S/C11H13BrO2/c1-11(8-14-11)7-13-6-9-4-2-3-5-10(9)12/h2-5H,6-8H2,1H3. The van der Waals surface area contributed by atoms with Crippen molar-refractivity contribution in [2.24, 2.45) is 0 Å². The molecular formula is C11H13BrO2. The first kappa shape index (κ1) is 10.1. The van der Waals surface area contributed by atoms with Gasteiger partial charge in [0.2, 0.25) is 0 Å². The first-order valence-corrected chi connectivity index (χ1v) is 5.44. The zero-order chi connectivity index (χ0) is 10.0. The molecule has 0 radical (unpaired) electrons. The molecule has 0 aliphatic carbocycles. The van der Waals surface area contributed by atoms with Gasteiger partial charge in [-0.3, -0.25) is 0 Å². The van der Waals surface area contributed by atoms with Crippen LogP contribution in [0.15, 0.2) is 28.7 Å². The maximum absolute atomic E-state index is 5.57. The first-order chi connectivity index (χ1) is 6.70. The Morgan fingerprint density at radius 1 is 1.50 bits per heavy atom. The van der Waals surface area contributed by atoms with Crippen LogP contribution in [0.4, 0.5) is 0 Å². The van der Waals surface area contributed by atoms with Gasteiger partial charge in [-0.1, -0.05) is 34.1 Å². The second kappa shape index (κ2) is 4.01. The Morgan fingerprint density at radius 2 is 2.21 bits per heavy atom. The molecule has 1 aliphatic rings. The Labute approximate surface area is 92.3 Å². The van der Waals surface area contributed by atoms with Gasteiger partial charge in [0.15, 0.2) is 0 Å². The van der Waals surface area contributed by atoms with Crippen molar-refractivity contribution in [3.63, 3.8) is 0 Å². The molecule has 0 bridgehead atoms. The fourth-order valence-corrected chi connectivity index (χ4v) is 1.60. The number of rotatable bonds is 4. The van der Waals surface area contributed by atoms with E-state index in [4.69, 9.17) is 9.47 Å². The molecule has 1 atom stereocenters. The summed E-state index contributed by atoms with van der Waals surface area (Å²) in [7, 11) is 0. The van der Waals surface area contributed by atoms with Crippen LogP contribution in [-0.2, 0) is 16.1 Å². The van der Waals surface area contributed by atoms with E-state index in [0.29, 0.717) is 13.2 Å². The third kappa shape index (κ3) is 2.56. The smallest absolute Gasteiger partial charge is 0.112 e. The van der Waals surface area contributed by atoms with Gasteiger partial charge < -0.3 is 9.47 Å². The van der Waals surface area contributed by atoms with Crippen LogP contribution in [0.1, 0.15) is 12.5 Å². The van der Waals surface area contributed by atoms with Crippen LogP contribution >= 0.6 is 15.9 Å². The molecule has 0 spiro atoms. The lowest BCUT2D eigenvalue weighted by Crippen LogP contribution is -2.14. The van der Waals surface area contributed by atoms with Gasteiger partial charge in [-0.2, -0.15) is 0 Å². The van der Waals surface area contributed by atoms with Crippen molar-refractivity contribution in [3.8, 4) is 0 Å². The molecule has 76 valence electrons. The topological polar surface area (TPSA) is 21.8 Å². The van der Waals surface area contributed by atoms with Gasteiger partial charge in [0.1, 0.15) is 5.60 Å². The van der Waals surface area contributed by atoms with Gasteiger partial charge in [-0.05, 0) is 18.6 Å². The Bertz CT molecular complexity index is 321. The van der Waals surface area contributed by atoms with E-state index in [2.05, 4.69) is 28.9 Å². The summed E-state index contributed by atoms with van der Waals surface area (Å²) >= 11 is 3.48. The minimum atomic E-state index is -0.0126. The van der Waals surface area contributed by atoms with Gasteiger partial charge in [0.25, 0.3) is 0 Å². The lowest BCUT2D eigenvalue weighted by Gasteiger charge is -2.08. The predicted molar refractivity (Wildman–Crippen MR) is 58.2 cm³/mol. The van der Waals surface area contributed by atoms with Crippen molar-refractivity contribution in [2.75, 3.05) is 13.2 Å². The second-order valence-corrected chi connectivity index (χ2v) is 4.68. The molecule has 0 amide bonds. The summed E-state index contributed by atoms with van der Waals surface area (Å²) < 4.78 is 11.9. The zero-order valence-electron chi connectivity index (χ0n) is 8.13. The maximum Gasteiger partial charge on any atom is 0.112 e. The number of epoxide rings is 1. The summed E-state index contributed by atoms with van der Waals surface area (Å²) in [6.45, 7) is 4.20. The highest BCUT2D eigenvalue weighted by Crippen LogP contribution is 2.26. The van der Waals surface area contributed by atoms with E-state index in [1.165, 1.54) is 5.56 Å². The lowest BCUT2D eigenvalue weighted by molar-refractivity contribution is 0.0739. The van der Waals surface area contributed by atoms with Crippen molar-refractivity contribution in [1.82, 2.24) is 0 Å². The molecule has 1 fully saturated rings. The third-order valence-corrected chi connectivity index (χ3v) is 3.03. The van der Waals surface area contributed by atoms with Gasteiger partial charge in [-0.15, -0.1) is 0 Å². The minimum absolute atomic E-state index is 0.0126. The second-order valence-electron chi connectivity index (χ2n) is 3.82. The molecule has 0 saturated carbocycles. The zero-order valence-corrected chi connectivity index (χ0v) is 9.71. The summed E-state index contributed by atoms with van der Waals surface area (Å²) in [5.41, 5.74) is 1.16. The van der Waals surface area contributed by atoms with Gasteiger partial charge >= 0.3 is 0 Å². The monoisotopic (exact) mass is 256 g/mol.